The third-order valence-electron chi connectivity index (χ3n) is 5.25. The molecule has 2 aliphatic heterocycles. The Bertz CT molecular complexity index is 906. The number of nitrogens with zero attached hydrogens (tertiary/aromatic N) is 5. The Morgan fingerprint density at radius 2 is 2.30 bits per heavy atom. The Balaban J connectivity index is 1.66. The van der Waals surface area contributed by atoms with E-state index in [1.54, 1.807) is 15.6 Å². The molecule has 0 aromatic carbocycles. The summed E-state index contributed by atoms with van der Waals surface area (Å²) < 4.78 is 7.70. The van der Waals surface area contributed by atoms with E-state index in [2.05, 4.69) is 16.7 Å². The van der Waals surface area contributed by atoms with E-state index in [-0.39, 0.29) is 17.9 Å². The average Bonchev–Trinajstić information content (AvgIpc) is 3.24. The molecular formula is C19H23N5O3. The number of aryl methyl sites for hydroxylation is 1. The van der Waals surface area contributed by atoms with Gasteiger partial charge in [0.05, 0.1) is 31.1 Å². The van der Waals surface area contributed by atoms with Gasteiger partial charge in [0.15, 0.2) is 5.65 Å². The number of carbonyl (C=O) groups is 2. The zero-order valence-corrected chi connectivity index (χ0v) is 15.4. The molecule has 2 aromatic heterocycles. The molecule has 8 heteroatoms. The minimum atomic E-state index is -0.284. The van der Waals surface area contributed by atoms with Crippen molar-refractivity contribution < 1.29 is 14.3 Å². The molecule has 142 valence electrons. The lowest BCUT2D eigenvalue weighted by Crippen LogP contribution is -2.41. The molecule has 0 aliphatic carbocycles. The van der Waals surface area contributed by atoms with Gasteiger partial charge in [-0.15, -0.1) is 0 Å². The third-order valence-corrected chi connectivity index (χ3v) is 5.25. The van der Waals surface area contributed by atoms with Crippen molar-refractivity contribution in [2.45, 2.75) is 32.4 Å². The Labute approximate surface area is 157 Å². The zero-order chi connectivity index (χ0) is 19.0. The maximum atomic E-state index is 12.0. The van der Waals surface area contributed by atoms with Crippen LogP contribution in [0.3, 0.4) is 0 Å². The van der Waals surface area contributed by atoms with E-state index >= 15 is 0 Å². The summed E-state index contributed by atoms with van der Waals surface area (Å²) in [5, 5.41) is 4.66. The first-order chi connectivity index (χ1) is 13.1. The van der Waals surface area contributed by atoms with Gasteiger partial charge in [-0.25, -0.2) is 9.50 Å². The second-order valence-corrected chi connectivity index (χ2v) is 6.94. The lowest BCUT2D eigenvalue weighted by molar-refractivity contribution is -0.134. The molecule has 0 radical (unpaired) electrons. The second-order valence-electron chi connectivity index (χ2n) is 6.94. The summed E-state index contributed by atoms with van der Waals surface area (Å²) in [4.78, 5) is 32.1. The molecule has 4 rings (SSSR count). The van der Waals surface area contributed by atoms with Crippen LogP contribution in [0.15, 0.2) is 24.9 Å². The quantitative estimate of drug-likeness (QED) is 0.758. The molecule has 0 spiro atoms. The molecule has 1 unspecified atom stereocenters. The van der Waals surface area contributed by atoms with Crippen molar-refractivity contribution >= 4 is 17.5 Å². The minimum absolute atomic E-state index is 0.0986. The topological polar surface area (TPSA) is 80.0 Å². The average molecular weight is 369 g/mol. The highest BCUT2D eigenvalue weighted by Crippen LogP contribution is 2.26. The first kappa shape index (κ1) is 17.7. The lowest BCUT2D eigenvalue weighted by atomic mass is 10.2. The Hall–Kier alpha value is -2.74. The number of morpholine rings is 1. The van der Waals surface area contributed by atoms with Gasteiger partial charge in [-0.2, -0.15) is 5.10 Å². The van der Waals surface area contributed by atoms with Crippen LogP contribution < -0.4 is 0 Å². The molecule has 4 heterocycles. The van der Waals surface area contributed by atoms with Crippen LogP contribution in [0, 0.1) is 6.92 Å². The van der Waals surface area contributed by atoms with Gasteiger partial charge < -0.3 is 14.5 Å². The number of ether oxygens (including phenoxy) is 1. The van der Waals surface area contributed by atoms with Crippen molar-refractivity contribution in [2.75, 3.05) is 26.2 Å². The molecule has 2 aliphatic rings. The molecule has 8 nitrogen and oxygen atoms in total. The van der Waals surface area contributed by atoms with Crippen molar-refractivity contribution in [1.82, 2.24) is 24.4 Å². The van der Waals surface area contributed by atoms with E-state index < -0.39 is 0 Å². The molecular weight excluding hydrogens is 346 g/mol. The van der Waals surface area contributed by atoms with Gasteiger partial charge in [0, 0.05) is 31.3 Å². The normalized spacial score (nSPS) is 20.5. The fourth-order valence-electron chi connectivity index (χ4n) is 3.76. The van der Waals surface area contributed by atoms with E-state index in [9.17, 15) is 9.59 Å². The maximum absolute atomic E-state index is 12.0. The third kappa shape index (κ3) is 3.21. The summed E-state index contributed by atoms with van der Waals surface area (Å²) in [5.41, 5.74) is 3.40. The van der Waals surface area contributed by atoms with Crippen LogP contribution in [-0.4, -0.2) is 62.5 Å². The van der Waals surface area contributed by atoms with Gasteiger partial charge in [-0.1, -0.05) is 6.58 Å². The summed E-state index contributed by atoms with van der Waals surface area (Å²) in [6, 6.07) is 1.87. The molecule has 2 aromatic rings. The molecule has 0 saturated carbocycles. The number of aromatic nitrogens is 3. The summed E-state index contributed by atoms with van der Waals surface area (Å²) in [6.07, 6.45) is 4.29. The number of rotatable bonds is 4. The molecule has 0 N–H and O–H groups in total. The van der Waals surface area contributed by atoms with Crippen molar-refractivity contribution in [1.29, 1.82) is 0 Å². The summed E-state index contributed by atoms with van der Waals surface area (Å²) in [5.74, 6) is 0.0811. The first-order valence-corrected chi connectivity index (χ1v) is 9.22. The van der Waals surface area contributed by atoms with Gasteiger partial charge >= 0.3 is 0 Å². The highest BCUT2D eigenvalue weighted by molar-refractivity contribution is 5.87. The Morgan fingerprint density at radius 1 is 1.44 bits per heavy atom. The van der Waals surface area contributed by atoms with E-state index in [0.717, 1.165) is 35.6 Å². The Kier molecular flexibility index (Phi) is 4.65. The van der Waals surface area contributed by atoms with E-state index in [1.807, 2.05) is 17.9 Å². The van der Waals surface area contributed by atoms with Gasteiger partial charge in [0.2, 0.25) is 11.8 Å². The van der Waals surface area contributed by atoms with Crippen LogP contribution in [0.5, 0.6) is 0 Å². The first-order valence-electron chi connectivity index (χ1n) is 9.22. The van der Waals surface area contributed by atoms with Crippen molar-refractivity contribution in [3.05, 3.63) is 41.9 Å². The second kappa shape index (κ2) is 7.11. The smallest absolute Gasteiger partial charge is 0.246 e. The number of carbonyl (C=O) groups excluding carboxylic acids is 2. The number of likely N-dealkylation sites (tertiary alicyclic amines) is 1. The van der Waals surface area contributed by atoms with E-state index in [0.29, 0.717) is 32.7 Å². The Morgan fingerprint density at radius 3 is 3.04 bits per heavy atom. The van der Waals surface area contributed by atoms with Crippen LogP contribution in [0.2, 0.25) is 0 Å². The highest BCUT2D eigenvalue weighted by Gasteiger charge is 2.28. The van der Waals surface area contributed by atoms with Gasteiger partial charge in [-0.3, -0.25) is 9.59 Å². The molecule has 2 fully saturated rings. The molecule has 1 atom stereocenters. The van der Waals surface area contributed by atoms with Crippen LogP contribution in [0.25, 0.3) is 5.65 Å². The largest absolute Gasteiger partial charge is 0.368 e. The summed E-state index contributed by atoms with van der Waals surface area (Å²) in [6.45, 7) is 8.26. The number of hydrogen-bond donors (Lipinski definition) is 0. The van der Waals surface area contributed by atoms with Crippen LogP contribution in [0.4, 0.5) is 0 Å². The van der Waals surface area contributed by atoms with E-state index in [1.165, 1.54) is 6.08 Å². The van der Waals surface area contributed by atoms with Crippen LogP contribution in [0.1, 0.15) is 35.9 Å². The van der Waals surface area contributed by atoms with Crippen LogP contribution >= 0.6 is 0 Å². The predicted octanol–water partition coefficient (Wildman–Crippen LogP) is 1.25. The molecule has 2 amide bonds. The lowest BCUT2D eigenvalue weighted by Gasteiger charge is -2.32. The van der Waals surface area contributed by atoms with Gasteiger partial charge in [0.1, 0.15) is 6.10 Å². The summed E-state index contributed by atoms with van der Waals surface area (Å²) in [7, 11) is 0. The number of hydrogen-bond acceptors (Lipinski definition) is 5. The monoisotopic (exact) mass is 369 g/mol. The molecule has 27 heavy (non-hydrogen) atoms. The number of amides is 2. The van der Waals surface area contributed by atoms with Crippen molar-refractivity contribution in [2.24, 2.45) is 0 Å². The standard InChI is InChI=1S/C19H23N5O3/c1-3-17(25)23-9-10-27-16(12-23)15-6-7-20-19-14(13(2)21-24(15)19)11-22-8-4-5-18(22)26/h3,6-7,16H,1,4-5,8-12H2,2H3. The van der Waals surface area contributed by atoms with Crippen molar-refractivity contribution in [3.63, 3.8) is 0 Å². The van der Waals surface area contributed by atoms with Gasteiger partial charge in [-0.05, 0) is 25.5 Å². The SMILES string of the molecule is C=CC(=O)N1CCOC(c2ccnc3c(CN4CCCC4=O)c(C)nn23)C1. The molecule has 2 saturated heterocycles. The van der Waals surface area contributed by atoms with E-state index in [4.69, 9.17) is 4.74 Å². The summed E-state index contributed by atoms with van der Waals surface area (Å²) >= 11 is 0. The van der Waals surface area contributed by atoms with Crippen LogP contribution in [-0.2, 0) is 20.9 Å². The van der Waals surface area contributed by atoms with Crippen molar-refractivity contribution in [3.8, 4) is 0 Å². The van der Waals surface area contributed by atoms with Gasteiger partial charge in [0.25, 0.3) is 0 Å². The maximum Gasteiger partial charge on any atom is 0.246 e. The zero-order valence-electron chi connectivity index (χ0n) is 15.4. The number of fused-ring (bicyclic) bond motifs is 1. The highest BCUT2D eigenvalue weighted by atomic mass is 16.5. The fraction of sp³-hybridized carbons (Fsp3) is 0.474. The fourth-order valence-corrected chi connectivity index (χ4v) is 3.76. The molecule has 0 bridgehead atoms. The minimum Gasteiger partial charge on any atom is -0.368 e. The predicted molar refractivity (Wildman–Crippen MR) is 97.8 cm³/mol.